The van der Waals surface area contributed by atoms with Crippen LogP contribution in [0.15, 0.2) is 21.5 Å². The predicted molar refractivity (Wildman–Crippen MR) is 87.8 cm³/mol. The molecule has 6 heteroatoms. The van der Waals surface area contributed by atoms with Crippen molar-refractivity contribution in [3.63, 3.8) is 0 Å². The number of rotatable bonds is 6. The molecule has 0 saturated heterocycles. The van der Waals surface area contributed by atoms with E-state index in [-0.39, 0.29) is 11.9 Å². The van der Waals surface area contributed by atoms with Crippen molar-refractivity contribution in [3.05, 3.63) is 27.7 Å². The summed E-state index contributed by atoms with van der Waals surface area (Å²) in [5, 5.41) is 0. The standard InChI is InChI=1S/C14H21BrClNO2S/c1-5-10(3)17(6-2)20(18,19)14-8-12(9-16)7-13(15)11(14)4/h7-8,10H,5-6,9H2,1-4H3. The Balaban J connectivity index is 3.45. The molecule has 0 heterocycles. The number of benzene rings is 1. The minimum Gasteiger partial charge on any atom is -0.207 e. The number of nitrogens with zero attached hydrogens (tertiary/aromatic N) is 1. The summed E-state index contributed by atoms with van der Waals surface area (Å²) < 4.78 is 28.0. The molecule has 0 amide bonds. The topological polar surface area (TPSA) is 37.4 Å². The average Bonchev–Trinajstić information content (AvgIpc) is 2.41. The lowest BCUT2D eigenvalue weighted by atomic mass is 10.2. The van der Waals surface area contributed by atoms with E-state index >= 15 is 0 Å². The van der Waals surface area contributed by atoms with Crippen molar-refractivity contribution < 1.29 is 8.42 Å². The van der Waals surface area contributed by atoms with E-state index in [0.29, 0.717) is 11.4 Å². The van der Waals surface area contributed by atoms with Gasteiger partial charge in [-0.05, 0) is 43.5 Å². The van der Waals surface area contributed by atoms with Crippen LogP contribution >= 0.6 is 27.5 Å². The molecular formula is C14H21BrClNO2S. The van der Waals surface area contributed by atoms with Crippen molar-refractivity contribution in [2.45, 2.75) is 50.9 Å². The fraction of sp³-hybridized carbons (Fsp3) is 0.571. The lowest BCUT2D eigenvalue weighted by molar-refractivity contribution is 0.342. The van der Waals surface area contributed by atoms with E-state index in [1.165, 1.54) is 0 Å². The molecule has 0 spiro atoms. The maximum absolute atomic E-state index is 12.9. The first-order valence-electron chi connectivity index (χ1n) is 6.66. The zero-order chi connectivity index (χ0) is 15.5. The summed E-state index contributed by atoms with van der Waals surface area (Å²) in [6.45, 7) is 8.04. The zero-order valence-electron chi connectivity index (χ0n) is 12.3. The van der Waals surface area contributed by atoms with Gasteiger partial charge in [0.25, 0.3) is 0 Å². The molecule has 0 N–H and O–H groups in total. The van der Waals surface area contributed by atoms with E-state index in [2.05, 4.69) is 15.9 Å². The van der Waals surface area contributed by atoms with Gasteiger partial charge in [0.2, 0.25) is 10.0 Å². The number of sulfonamides is 1. The Hall–Kier alpha value is -0.100. The van der Waals surface area contributed by atoms with Crippen LogP contribution < -0.4 is 0 Å². The first-order chi connectivity index (χ1) is 9.29. The van der Waals surface area contributed by atoms with Crippen molar-refractivity contribution in [2.24, 2.45) is 0 Å². The average molecular weight is 383 g/mol. The molecule has 1 aromatic carbocycles. The van der Waals surface area contributed by atoms with Gasteiger partial charge in [0.1, 0.15) is 0 Å². The number of halogens is 2. The Morgan fingerprint density at radius 2 is 1.95 bits per heavy atom. The van der Waals surface area contributed by atoms with Crippen LogP contribution in [0.25, 0.3) is 0 Å². The first kappa shape index (κ1) is 18.0. The molecule has 114 valence electrons. The van der Waals surface area contributed by atoms with Crippen molar-refractivity contribution >= 4 is 37.6 Å². The summed E-state index contributed by atoms with van der Waals surface area (Å²) in [5.74, 6) is 0.289. The Morgan fingerprint density at radius 1 is 1.35 bits per heavy atom. The van der Waals surface area contributed by atoms with Gasteiger partial charge in [-0.3, -0.25) is 0 Å². The lowest BCUT2D eigenvalue weighted by Crippen LogP contribution is -2.38. The number of alkyl halides is 1. The van der Waals surface area contributed by atoms with Crippen molar-refractivity contribution in [3.8, 4) is 0 Å². The Labute approximate surface area is 135 Å². The normalized spacial score (nSPS) is 13.8. The van der Waals surface area contributed by atoms with Gasteiger partial charge in [0.15, 0.2) is 0 Å². The molecule has 1 unspecified atom stereocenters. The Bertz CT molecular complexity index is 575. The van der Waals surface area contributed by atoms with Crippen LogP contribution in [0, 0.1) is 6.92 Å². The molecule has 0 saturated carbocycles. The maximum Gasteiger partial charge on any atom is 0.243 e. The van der Waals surface area contributed by atoms with Gasteiger partial charge in [0.05, 0.1) is 4.90 Å². The summed E-state index contributed by atoms with van der Waals surface area (Å²) in [4.78, 5) is 0.338. The molecule has 0 aromatic heterocycles. The highest BCUT2D eigenvalue weighted by molar-refractivity contribution is 9.10. The number of hydrogen-bond donors (Lipinski definition) is 0. The summed E-state index contributed by atoms with van der Waals surface area (Å²) in [6, 6.07) is 3.51. The van der Waals surface area contributed by atoms with Crippen LogP contribution in [-0.4, -0.2) is 25.3 Å². The van der Waals surface area contributed by atoms with Crippen LogP contribution in [0.5, 0.6) is 0 Å². The van der Waals surface area contributed by atoms with E-state index in [1.54, 1.807) is 17.3 Å². The summed E-state index contributed by atoms with van der Waals surface area (Å²) in [5.41, 5.74) is 1.52. The second-order valence-corrected chi connectivity index (χ2v) is 7.78. The minimum absolute atomic E-state index is 0.0252. The Kier molecular flexibility index (Phi) is 6.51. The van der Waals surface area contributed by atoms with Gasteiger partial charge < -0.3 is 0 Å². The second-order valence-electron chi connectivity index (χ2n) is 4.80. The fourth-order valence-electron chi connectivity index (χ4n) is 2.10. The third kappa shape index (κ3) is 3.56. The smallest absolute Gasteiger partial charge is 0.207 e. The molecule has 3 nitrogen and oxygen atoms in total. The summed E-state index contributed by atoms with van der Waals surface area (Å²) in [6.07, 6.45) is 0.780. The van der Waals surface area contributed by atoms with Crippen molar-refractivity contribution in [1.82, 2.24) is 4.31 Å². The largest absolute Gasteiger partial charge is 0.243 e. The van der Waals surface area contributed by atoms with E-state index < -0.39 is 10.0 Å². The van der Waals surface area contributed by atoms with Gasteiger partial charge in [-0.2, -0.15) is 4.31 Å². The fourth-order valence-corrected chi connectivity index (χ4v) is 4.91. The first-order valence-corrected chi connectivity index (χ1v) is 9.43. The van der Waals surface area contributed by atoms with Crippen LogP contribution in [0.4, 0.5) is 0 Å². The van der Waals surface area contributed by atoms with Gasteiger partial charge in [-0.1, -0.05) is 29.8 Å². The van der Waals surface area contributed by atoms with E-state index in [0.717, 1.165) is 22.0 Å². The highest BCUT2D eigenvalue weighted by Gasteiger charge is 2.29. The van der Waals surface area contributed by atoms with Gasteiger partial charge in [-0.15, -0.1) is 11.6 Å². The predicted octanol–water partition coefficient (Wildman–Crippen LogP) is 4.31. The van der Waals surface area contributed by atoms with E-state index in [1.807, 2.05) is 26.8 Å². The van der Waals surface area contributed by atoms with Crippen LogP contribution in [0.2, 0.25) is 0 Å². The molecule has 0 radical (unpaired) electrons. The lowest BCUT2D eigenvalue weighted by Gasteiger charge is -2.27. The van der Waals surface area contributed by atoms with Crippen LogP contribution in [-0.2, 0) is 15.9 Å². The molecule has 20 heavy (non-hydrogen) atoms. The molecular weight excluding hydrogens is 362 g/mol. The molecule has 1 atom stereocenters. The molecule has 1 aromatic rings. The third-order valence-corrected chi connectivity index (χ3v) is 6.84. The van der Waals surface area contributed by atoms with Crippen molar-refractivity contribution in [2.75, 3.05) is 6.54 Å². The van der Waals surface area contributed by atoms with Gasteiger partial charge >= 0.3 is 0 Å². The summed E-state index contributed by atoms with van der Waals surface area (Å²) in [7, 11) is -3.50. The van der Waals surface area contributed by atoms with Gasteiger partial charge in [-0.25, -0.2) is 8.42 Å². The van der Waals surface area contributed by atoms with E-state index in [9.17, 15) is 8.42 Å². The van der Waals surface area contributed by atoms with Crippen LogP contribution in [0.1, 0.15) is 38.3 Å². The molecule has 0 bridgehead atoms. The molecule has 0 aliphatic carbocycles. The highest BCUT2D eigenvalue weighted by atomic mass is 79.9. The molecule has 0 fully saturated rings. The van der Waals surface area contributed by atoms with Gasteiger partial charge in [0, 0.05) is 22.9 Å². The SMILES string of the molecule is CCC(C)N(CC)S(=O)(=O)c1cc(CCl)cc(Br)c1C. The molecule has 0 aliphatic heterocycles. The van der Waals surface area contributed by atoms with E-state index in [4.69, 9.17) is 11.6 Å². The number of hydrogen-bond acceptors (Lipinski definition) is 2. The zero-order valence-corrected chi connectivity index (χ0v) is 15.4. The van der Waals surface area contributed by atoms with Crippen LogP contribution in [0.3, 0.4) is 0 Å². The summed E-state index contributed by atoms with van der Waals surface area (Å²) >= 11 is 9.26. The Morgan fingerprint density at radius 3 is 2.40 bits per heavy atom. The molecule has 0 aliphatic rings. The highest BCUT2D eigenvalue weighted by Crippen LogP contribution is 2.29. The van der Waals surface area contributed by atoms with Crippen molar-refractivity contribution in [1.29, 1.82) is 0 Å². The maximum atomic E-state index is 12.9. The third-order valence-electron chi connectivity index (χ3n) is 3.49. The minimum atomic E-state index is -3.50. The molecule has 1 rings (SSSR count). The second kappa shape index (κ2) is 7.25. The monoisotopic (exact) mass is 381 g/mol. The quantitative estimate of drug-likeness (QED) is 0.688.